The maximum atomic E-state index is 12.0. The van der Waals surface area contributed by atoms with Gasteiger partial charge in [0.05, 0.1) is 6.42 Å². The zero-order valence-corrected chi connectivity index (χ0v) is 14.2. The molecule has 122 valence electrons. The minimum Gasteiger partial charge on any atom is -0.431 e. The molecule has 1 heterocycles. The zero-order chi connectivity index (χ0) is 16.8. The molecule has 0 radical (unpaired) electrons. The van der Waals surface area contributed by atoms with E-state index in [0.717, 1.165) is 22.4 Å². The summed E-state index contributed by atoms with van der Waals surface area (Å²) in [6.45, 7) is 2.53. The molecule has 0 bridgehead atoms. The molecule has 24 heavy (non-hydrogen) atoms. The Morgan fingerprint density at radius 2 is 2.00 bits per heavy atom. The van der Waals surface area contributed by atoms with E-state index in [4.69, 9.17) is 4.74 Å². The van der Waals surface area contributed by atoms with Gasteiger partial charge in [0.15, 0.2) is 0 Å². The van der Waals surface area contributed by atoms with Gasteiger partial charge < -0.3 is 10.1 Å². The first-order valence-corrected chi connectivity index (χ1v) is 8.55. The van der Waals surface area contributed by atoms with Crippen molar-refractivity contribution in [1.29, 1.82) is 0 Å². The molecule has 0 atom stereocenters. The lowest BCUT2D eigenvalue weighted by Gasteiger charge is -2.07. The summed E-state index contributed by atoms with van der Waals surface area (Å²) in [5.41, 5.74) is 3.22. The second-order valence-corrected chi connectivity index (χ2v) is 6.34. The van der Waals surface area contributed by atoms with Crippen LogP contribution in [0, 0.1) is 6.92 Å². The van der Waals surface area contributed by atoms with E-state index < -0.39 is 0 Å². The highest BCUT2D eigenvalue weighted by Crippen LogP contribution is 2.23. The standard InChI is InChI=1S/C19H18N2O2S/c1-14-3-2-4-16(11-14)12-18(22)21-13-15-5-7-17(8-6-15)23-19-20-9-10-24-19/h2-11H,12-13H2,1H3,(H,21,22). The van der Waals surface area contributed by atoms with Crippen molar-refractivity contribution in [3.8, 4) is 10.9 Å². The van der Waals surface area contributed by atoms with Gasteiger partial charge in [0.2, 0.25) is 5.91 Å². The Morgan fingerprint density at radius 1 is 1.17 bits per heavy atom. The normalized spacial score (nSPS) is 10.4. The zero-order valence-electron chi connectivity index (χ0n) is 13.4. The fourth-order valence-electron chi connectivity index (χ4n) is 2.31. The number of thiazole rings is 1. The predicted octanol–water partition coefficient (Wildman–Crippen LogP) is 4.10. The van der Waals surface area contributed by atoms with E-state index in [1.54, 1.807) is 6.20 Å². The molecule has 0 aliphatic heterocycles. The van der Waals surface area contributed by atoms with E-state index in [1.165, 1.54) is 11.3 Å². The third-order valence-corrected chi connectivity index (χ3v) is 4.12. The first-order valence-electron chi connectivity index (χ1n) is 7.67. The Hall–Kier alpha value is -2.66. The fourth-order valence-corrected chi connectivity index (χ4v) is 2.81. The summed E-state index contributed by atoms with van der Waals surface area (Å²) in [7, 11) is 0. The number of carbonyl (C=O) groups is 1. The molecule has 0 unspecified atom stereocenters. The van der Waals surface area contributed by atoms with Crippen molar-refractivity contribution in [2.45, 2.75) is 19.9 Å². The average molecular weight is 338 g/mol. The third-order valence-electron chi connectivity index (χ3n) is 3.48. The van der Waals surface area contributed by atoms with Crippen molar-refractivity contribution in [1.82, 2.24) is 10.3 Å². The highest BCUT2D eigenvalue weighted by Gasteiger charge is 2.04. The molecule has 0 fully saturated rings. The second kappa shape index (κ2) is 7.75. The highest BCUT2D eigenvalue weighted by atomic mass is 32.1. The molecule has 3 aromatic rings. The van der Waals surface area contributed by atoms with E-state index in [-0.39, 0.29) is 5.91 Å². The summed E-state index contributed by atoms with van der Waals surface area (Å²) in [4.78, 5) is 16.1. The Balaban J connectivity index is 1.50. The van der Waals surface area contributed by atoms with Crippen molar-refractivity contribution in [3.63, 3.8) is 0 Å². The van der Waals surface area contributed by atoms with Crippen molar-refractivity contribution < 1.29 is 9.53 Å². The molecular weight excluding hydrogens is 320 g/mol. The van der Waals surface area contributed by atoms with Gasteiger partial charge in [-0.3, -0.25) is 4.79 Å². The minimum atomic E-state index is 0.0173. The van der Waals surface area contributed by atoms with Crippen molar-refractivity contribution in [2.75, 3.05) is 0 Å². The van der Waals surface area contributed by atoms with Crippen molar-refractivity contribution >= 4 is 17.2 Å². The van der Waals surface area contributed by atoms with Crippen LogP contribution in [-0.4, -0.2) is 10.9 Å². The van der Waals surface area contributed by atoms with Gasteiger partial charge in [-0.15, -0.1) is 0 Å². The number of ether oxygens (including phenoxy) is 1. The van der Waals surface area contributed by atoms with Gasteiger partial charge in [0.1, 0.15) is 5.75 Å². The summed E-state index contributed by atoms with van der Waals surface area (Å²) >= 11 is 1.45. The number of carbonyl (C=O) groups excluding carboxylic acids is 1. The maximum absolute atomic E-state index is 12.0. The van der Waals surface area contributed by atoms with E-state index in [2.05, 4.69) is 10.3 Å². The van der Waals surface area contributed by atoms with Crippen LogP contribution in [0.1, 0.15) is 16.7 Å². The number of aryl methyl sites for hydroxylation is 1. The van der Waals surface area contributed by atoms with Crippen LogP contribution in [0.2, 0.25) is 0 Å². The number of hydrogen-bond donors (Lipinski definition) is 1. The molecule has 0 saturated heterocycles. The Kier molecular flexibility index (Phi) is 5.23. The molecule has 4 nitrogen and oxygen atoms in total. The number of nitrogens with one attached hydrogen (secondary N) is 1. The van der Waals surface area contributed by atoms with E-state index in [0.29, 0.717) is 18.2 Å². The quantitative estimate of drug-likeness (QED) is 0.736. The molecule has 1 amide bonds. The SMILES string of the molecule is Cc1cccc(CC(=O)NCc2ccc(Oc3nccs3)cc2)c1. The first-order chi connectivity index (χ1) is 11.7. The van der Waals surface area contributed by atoms with Gasteiger partial charge in [0, 0.05) is 18.1 Å². The van der Waals surface area contributed by atoms with Gasteiger partial charge in [-0.1, -0.05) is 53.3 Å². The molecule has 0 spiro atoms. The number of amides is 1. The van der Waals surface area contributed by atoms with Crippen LogP contribution in [0.5, 0.6) is 10.9 Å². The smallest absolute Gasteiger partial charge is 0.278 e. The van der Waals surface area contributed by atoms with Gasteiger partial charge in [-0.2, -0.15) is 0 Å². The van der Waals surface area contributed by atoms with Crippen LogP contribution in [0.25, 0.3) is 0 Å². The summed E-state index contributed by atoms with van der Waals surface area (Å²) in [6, 6.07) is 15.6. The molecular formula is C19H18N2O2S. The van der Waals surface area contributed by atoms with Crippen LogP contribution < -0.4 is 10.1 Å². The molecule has 1 aromatic heterocycles. The number of benzene rings is 2. The van der Waals surface area contributed by atoms with Gasteiger partial charge in [-0.25, -0.2) is 4.98 Å². The number of rotatable bonds is 6. The second-order valence-electron chi connectivity index (χ2n) is 5.49. The molecule has 0 aliphatic rings. The number of nitrogens with zero attached hydrogens (tertiary/aromatic N) is 1. The monoisotopic (exact) mass is 338 g/mol. The van der Waals surface area contributed by atoms with Crippen LogP contribution in [0.15, 0.2) is 60.1 Å². The van der Waals surface area contributed by atoms with E-state index in [9.17, 15) is 4.79 Å². The Labute approximate surface area is 145 Å². The lowest BCUT2D eigenvalue weighted by molar-refractivity contribution is -0.120. The van der Waals surface area contributed by atoms with Crippen LogP contribution in [-0.2, 0) is 17.8 Å². The molecule has 3 rings (SSSR count). The minimum absolute atomic E-state index is 0.0173. The molecule has 5 heteroatoms. The third kappa shape index (κ3) is 4.67. The number of aromatic nitrogens is 1. The summed E-state index contributed by atoms with van der Waals surface area (Å²) in [5.74, 6) is 0.753. The first kappa shape index (κ1) is 16.2. The molecule has 1 N–H and O–H groups in total. The van der Waals surface area contributed by atoms with Crippen LogP contribution >= 0.6 is 11.3 Å². The van der Waals surface area contributed by atoms with Crippen LogP contribution in [0.4, 0.5) is 0 Å². The fraction of sp³-hybridized carbons (Fsp3) is 0.158. The van der Waals surface area contributed by atoms with Gasteiger partial charge in [-0.05, 0) is 30.2 Å². The van der Waals surface area contributed by atoms with Crippen molar-refractivity contribution in [3.05, 3.63) is 76.8 Å². The molecule has 0 aliphatic carbocycles. The van der Waals surface area contributed by atoms with Gasteiger partial charge >= 0.3 is 0 Å². The van der Waals surface area contributed by atoms with Crippen molar-refractivity contribution in [2.24, 2.45) is 0 Å². The van der Waals surface area contributed by atoms with Crippen LogP contribution in [0.3, 0.4) is 0 Å². The number of hydrogen-bond acceptors (Lipinski definition) is 4. The largest absolute Gasteiger partial charge is 0.431 e. The average Bonchev–Trinajstić information content (AvgIpc) is 3.07. The summed E-state index contributed by atoms with van der Waals surface area (Å²) in [6.07, 6.45) is 2.10. The molecule has 2 aromatic carbocycles. The van der Waals surface area contributed by atoms with E-state index >= 15 is 0 Å². The summed E-state index contributed by atoms with van der Waals surface area (Å²) in [5, 5.41) is 5.43. The maximum Gasteiger partial charge on any atom is 0.278 e. The Morgan fingerprint density at radius 3 is 2.71 bits per heavy atom. The Bertz CT molecular complexity index is 798. The van der Waals surface area contributed by atoms with Gasteiger partial charge in [0.25, 0.3) is 5.19 Å². The molecule has 0 saturated carbocycles. The topological polar surface area (TPSA) is 51.2 Å². The highest BCUT2D eigenvalue weighted by molar-refractivity contribution is 7.11. The summed E-state index contributed by atoms with van der Waals surface area (Å²) < 4.78 is 5.61. The van der Waals surface area contributed by atoms with E-state index in [1.807, 2.05) is 60.8 Å². The predicted molar refractivity (Wildman–Crippen MR) is 95.4 cm³/mol. The lowest BCUT2D eigenvalue weighted by atomic mass is 10.1. The lowest BCUT2D eigenvalue weighted by Crippen LogP contribution is -2.24.